The van der Waals surface area contributed by atoms with E-state index >= 15 is 0 Å². The number of nitro groups is 1. The molecule has 1 aromatic heterocycles. The van der Waals surface area contributed by atoms with E-state index in [2.05, 4.69) is 4.98 Å². The molecule has 0 radical (unpaired) electrons. The van der Waals surface area contributed by atoms with Crippen molar-refractivity contribution in [3.05, 3.63) is 34.5 Å². The van der Waals surface area contributed by atoms with Crippen LogP contribution >= 0.6 is 0 Å². The summed E-state index contributed by atoms with van der Waals surface area (Å²) in [6.45, 7) is 0. The Hall–Kier alpha value is -2.04. The van der Waals surface area contributed by atoms with Gasteiger partial charge < -0.3 is 10.1 Å². The Morgan fingerprint density at radius 2 is 2.23 bits per heavy atom. The van der Waals surface area contributed by atoms with Gasteiger partial charge in [-0.25, -0.2) is 0 Å². The van der Waals surface area contributed by atoms with E-state index in [1.807, 2.05) is 0 Å². The first kappa shape index (κ1) is 7.60. The number of hydrogen-bond donors (Lipinski definition) is 2. The van der Waals surface area contributed by atoms with Crippen LogP contribution in [-0.4, -0.2) is 15.0 Å². The fourth-order valence-electron chi connectivity index (χ4n) is 1.24. The third-order valence-corrected chi connectivity index (χ3v) is 1.84. The van der Waals surface area contributed by atoms with Gasteiger partial charge in [0.05, 0.1) is 22.0 Å². The topological polar surface area (TPSA) is 79.2 Å². The van der Waals surface area contributed by atoms with Gasteiger partial charge in [-0.1, -0.05) is 0 Å². The number of phenols is 1. The fourth-order valence-corrected chi connectivity index (χ4v) is 1.24. The van der Waals surface area contributed by atoms with Crippen LogP contribution in [0.3, 0.4) is 0 Å². The molecule has 0 aliphatic heterocycles. The van der Waals surface area contributed by atoms with Crippen LogP contribution in [0.15, 0.2) is 24.4 Å². The largest absolute Gasteiger partial charge is 0.508 e. The van der Waals surface area contributed by atoms with Crippen molar-refractivity contribution >= 4 is 16.6 Å². The minimum Gasteiger partial charge on any atom is -0.508 e. The van der Waals surface area contributed by atoms with Crippen LogP contribution in [0.4, 0.5) is 5.69 Å². The first-order valence-electron chi connectivity index (χ1n) is 3.63. The van der Waals surface area contributed by atoms with E-state index in [1.165, 1.54) is 18.3 Å². The molecule has 2 aromatic rings. The minimum atomic E-state index is -0.488. The van der Waals surface area contributed by atoms with Gasteiger partial charge in [-0.05, 0) is 18.2 Å². The summed E-state index contributed by atoms with van der Waals surface area (Å²) in [5.74, 6) is 0.0233. The van der Waals surface area contributed by atoms with Crippen molar-refractivity contribution in [1.82, 2.24) is 4.98 Å². The second-order valence-corrected chi connectivity index (χ2v) is 2.66. The molecule has 0 atom stereocenters. The number of nitrogens with one attached hydrogen (secondary N) is 1. The highest BCUT2D eigenvalue weighted by atomic mass is 16.6. The minimum absolute atomic E-state index is 0.0223. The molecule has 0 spiro atoms. The summed E-state index contributed by atoms with van der Waals surface area (Å²) in [6.07, 6.45) is 1.31. The smallest absolute Gasteiger partial charge is 0.294 e. The molecule has 2 rings (SSSR count). The monoisotopic (exact) mass is 178 g/mol. The molecule has 66 valence electrons. The van der Waals surface area contributed by atoms with Gasteiger partial charge in [0.2, 0.25) is 0 Å². The predicted molar refractivity (Wildman–Crippen MR) is 46.6 cm³/mol. The van der Waals surface area contributed by atoms with Gasteiger partial charge >= 0.3 is 0 Å². The molecule has 13 heavy (non-hydrogen) atoms. The number of nitrogens with zero attached hydrogens (tertiary/aromatic N) is 1. The van der Waals surface area contributed by atoms with E-state index in [-0.39, 0.29) is 11.4 Å². The summed E-state index contributed by atoms with van der Waals surface area (Å²) in [7, 11) is 0. The summed E-state index contributed by atoms with van der Waals surface area (Å²) in [5, 5.41) is 20.0. The summed E-state index contributed by atoms with van der Waals surface area (Å²) < 4.78 is 0. The molecule has 0 saturated carbocycles. The van der Waals surface area contributed by atoms with Crippen molar-refractivity contribution in [2.75, 3.05) is 0 Å². The number of H-pyrrole nitrogens is 1. The Labute approximate surface area is 72.8 Å². The molecule has 5 heteroatoms. The number of aromatic hydroxyl groups is 1. The number of benzene rings is 1. The zero-order chi connectivity index (χ0) is 9.42. The lowest BCUT2D eigenvalue weighted by atomic mass is 10.2. The van der Waals surface area contributed by atoms with E-state index in [0.29, 0.717) is 10.9 Å². The van der Waals surface area contributed by atoms with Gasteiger partial charge in [0, 0.05) is 0 Å². The predicted octanol–water partition coefficient (Wildman–Crippen LogP) is 1.78. The van der Waals surface area contributed by atoms with Crippen LogP contribution in [0.25, 0.3) is 10.9 Å². The van der Waals surface area contributed by atoms with Crippen LogP contribution in [0.1, 0.15) is 0 Å². The Balaban J connectivity index is 2.79. The zero-order valence-electron chi connectivity index (χ0n) is 6.52. The van der Waals surface area contributed by atoms with Crippen molar-refractivity contribution in [2.45, 2.75) is 0 Å². The van der Waals surface area contributed by atoms with Crippen molar-refractivity contribution < 1.29 is 10.0 Å². The van der Waals surface area contributed by atoms with Crippen molar-refractivity contribution in [2.24, 2.45) is 0 Å². The van der Waals surface area contributed by atoms with Gasteiger partial charge in [-0.2, -0.15) is 0 Å². The molecule has 0 unspecified atom stereocenters. The van der Waals surface area contributed by atoms with Crippen molar-refractivity contribution in [3.8, 4) is 5.75 Å². The van der Waals surface area contributed by atoms with Gasteiger partial charge in [0.1, 0.15) is 5.75 Å². The molecule has 2 N–H and O–H groups in total. The number of rotatable bonds is 1. The molecule has 0 saturated heterocycles. The molecule has 5 nitrogen and oxygen atoms in total. The Morgan fingerprint density at radius 3 is 2.92 bits per heavy atom. The number of hydrogen-bond acceptors (Lipinski definition) is 3. The second-order valence-electron chi connectivity index (χ2n) is 2.66. The third-order valence-electron chi connectivity index (χ3n) is 1.84. The molecular formula is C8H6N2O3. The van der Waals surface area contributed by atoms with Gasteiger partial charge in [-0.3, -0.25) is 10.1 Å². The lowest BCUT2D eigenvalue weighted by molar-refractivity contribution is -0.383. The van der Waals surface area contributed by atoms with Crippen LogP contribution in [-0.2, 0) is 0 Å². The Kier molecular flexibility index (Phi) is 1.45. The van der Waals surface area contributed by atoms with Crippen molar-refractivity contribution in [3.63, 3.8) is 0 Å². The first-order chi connectivity index (χ1) is 6.18. The lowest BCUT2D eigenvalue weighted by Crippen LogP contribution is -1.84. The molecule has 1 heterocycles. The maximum Gasteiger partial charge on any atom is 0.294 e. The summed E-state index contributed by atoms with van der Waals surface area (Å²) >= 11 is 0. The number of aromatic amines is 1. The molecule has 0 fully saturated rings. The van der Waals surface area contributed by atoms with Crippen LogP contribution in [0.5, 0.6) is 5.75 Å². The Morgan fingerprint density at radius 1 is 1.46 bits per heavy atom. The van der Waals surface area contributed by atoms with E-state index in [0.717, 1.165) is 0 Å². The van der Waals surface area contributed by atoms with E-state index in [4.69, 9.17) is 5.11 Å². The standard InChI is InChI=1S/C8H6N2O3/c11-5-1-2-7-6(3-5)8(4-9-7)10(12)13/h1-4,9,11H. The molecule has 0 aliphatic carbocycles. The lowest BCUT2D eigenvalue weighted by Gasteiger charge is -1.91. The molecular weight excluding hydrogens is 172 g/mol. The molecule has 0 bridgehead atoms. The van der Waals surface area contributed by atoms with Crippen LogP contribution in [0.2, 0.25) is 0 Å². The molecule has 0 aliphatic rings. The molecule has 1 aromatic carbocycles. The van der Waals surface area contributed by atoms with Gasteiger partial charge in [0.15, 0.2) is 0 Å². The maximum absolute atomic E-state index is 10.5. The van der Waals surface area contributed by atoms with Crippen molar-refractivity contribution in [1.29, 1.82) is 0 Å². The normalized spacial score (nSPS) is 10.5. The van der Waals surface area contributed by atoms with Gasteiger partial charge in [0.25, 0.3) is 5.69 Å². The average molecular weight is 178 g/mol. The number of phenolic OH excluding ortho intramolecular Hbond substituents is 1. The summed E-state index contributed by atoms with van der Waals surface area (Å²) in [5.41, 5.74) is 0.621. The molecule has 0 amide bonds. The summed E-state index contributed by atoms with van der Waals surface area (Å²) in [4.78, 5) is 12.7. The number of aromatic nitrogens is 1. The second kappa shape index (κ2) is 2.48. The Bertz CT molecular complexity index is 475. The highest BCUT2D eigenvalue weighted by molar-refractivity contribution is 5.89. The van der Waals surface area contributed by atoms with E-state index < -0.39 is 4.92 Å². The highest BCUT2D eigenvalue weighted by Crippen LogP contribution is 2.27. The number of fused-ring (bicyclic) bond motifs is 1. The van der Waals surface area contributed by atoms with Crippen LogP contribution < -0.4 is 0 Å². The SMILES string of the molecule is O=[N+]([O-])c1c[nH]c2ccc(O)cc12. The van der Waals surface area contributed by atoms with Gasteiger partial charge in [-0.15, -0.1) is 0 Å². The zero-order valence-corrected chi connectivity index (χ0v) is 6.52. The first-order valence-corrected chi connectivity index (χ1v) is 3.63. The summed E-state index contributed by atoms with van der Waals surface area (Å²) in [6, 6.07) is 4.43. The third kappa shape index (κ3) is 1.10. The van der Waals surface area contributed by atoms with E-state index in [1.54, 1.807) is 6.07 Å². The average Bonchev–Trinajstić information content (AvgIpc) is 2.46. The van der Waals surface area contributed by atoms with E-state index in [9.17, 15) is 10.1 Å². The van der Waals surface area contributed by atoms with Crippen LogP contribution in [0, 0.1) is 10.1 Å². The fraction of sp³-hybridized carbons (Fsp3) is 0. The highest BCUT2D eigenvalue weighted by Gasteiger charge is 2.13. The maximum atomic E-state index is 10.5. The quantitative estimate of drug-likeness (QED) is 0.516.